The van der Waals surface area contributed by atoms with Crippen molar-refractivity contribution < 1.29 is 35.9 Å². The van der Waals surface area contributed by atoms with Crippen molar-refractivity contribution in [2.75, 3.05) is 0 Å². The van der Waals surface area contributed by atoms with Crippen LogP contribution < -0.4 is 0 Å². The highest BCUT2D eigenvalue weighted by atomic mass is 19.4. The van der Waals surface area contributed by atoms with Crippen LogP contribution in [0, 0.1) is 29.6 Å². The Morgan fingerprint density at radius 3 is 2.25 bits per heavy atom. The van der Waals surface area contributed by atoms with E-state index in [0.717, 1.165) is 30.4 Å². The summed E-state index contributed by atoms with van der Waals surface area (Å²) in [7, 11) is 0. The minimum Gasteiger partial charge on any atom is -0.303 e. The fourth-order valence-electron chi connectivity index (χ4n) is 4.74. The molecule has 0 amide bonds. The lowest BCUT2D eigenvalue weighted by Crippen LogP contribution is -2.52. The molecule has 0 N–H and O–H groups in total. The van der Waals surface area contributed by atoms with Crippen LogP contribution in [0.4, 0.5) is 26.3 Å². The van der Waals surface area contributed by atoms with Gasteiger partial charge in [-0.25, -0.2) is 0 Å². The lowest BCUT2D eigenvalue weighted by atomic mass is 9.51. The zero-order valence-electron chi connectivity index (χ0n) is 17.2. The van der Waals surface area contributed by atoms with Crippen molar-refractivity contribution in [3.8, 4) is 6.07 Å². The number of hydrogen-bond donors (Lipinski definition) is 0. The van der Waals surface area contributed by atoms with Crippen LogP contribution in [0.15, 0.2) is 41.5 Å². The fourth-order valence-corrected chi connectivity index (χ4v) is 4.74. The van der Waals surface area contributed by atoms with E-state index in [0.29, 0.717) is 12.8 Å². The molecule has 3 rings (SSSR count). The van der Waals surface area contributed by atoms with Gasteiger partial charge in [-0.05, 0) is 61.4 Å². The van der Waals surface area contributed by atoms with Crippen molar-refractivity contribution in [2.24, 2.45) is 11.3 Å². The van der Waals surface area contributed by atoms with Crippen molar-refractivity contribution in [1.82, 2.24) is 0 Å². The van der Waals surface area contributed by atoms with Gasteiger partial charge in [0.05, 0.1) is 34.5 Å². The third-order valence-electron chi connectivity index (χ3n) is 6.32. The Morgan fingerprint density at radius 1 is 1.19 bits per heavy atom. The normalized spacial score (nSPS) is 26.1. The second-order valence-corrected chi connectivity index (χ2v) is 8.30. The van der Waals surface area contributed by atoms with Gasteiger partial charge in [-0.1, -0.05) is 18.2 Å². The Morgan fingerprint density at radius 2 is 1.81 bits per heavy atom. The molecule has 2 aliphatic carbocycles. The summed E-state index contributed by atoms with van der Waals surface area (Å²) in [6.07, 6.45) is -7.45. The maximum absolute atomic E-state index is 13.8. The summed E-state index contributed by atoms with van der Waals surface area (Å²) in [5.74, 6) is -1.44. The molecule has 0 aliphatic heterocycles. The molecule has 1 fully saturated rings. The highest BCUT2D eigenvalue weighted by Gasteiger charge is 2.62. The Bertz CT molecular complexity index is 1070. The molecule has 32 heavy (non-hydrogen) atoms. The summed E-state index contributed by atoms with van der Waals surface area (Å²) in [5.41, 5.74) is -6.43. The summed E-state index contributed by atoms with van der Waals surface area (Å²) >= 11 is 0. The number of hydrogen-bond acceptors (Lipinski definition) is 3. The van der Waals surface area contributed by atoms with E-state index in [1.54, 1.807) is 0 Å². The van der Waals surface area contributed by atoms with E-state index in [2.05, 4.69) is 0 Å². The van der Waals surface area contributed by atoms with Gasteiger partial charge in [-0.3, -0.25) is 4.79 Å². The van der Waals surface area contributed by atoms with Gasteiger partial charge >= 0.3 is 12.4 Å². The predicted molar refractivity (Wildman–Crippen MR) is 102 cm³/mol. The van der Waals surface area contributed by atoms with Crippen LogP contribution in [-0.4, -0.2) is 18.2 Å². The Balaban J connectivity index is 2.38. The first kappa shape index (κ1) is 23.8. The van der Waals surface area contributed by atoms with E-state index in [9.17, 15) is 41.2 Å². The van der Waals surface area contributed by atoms with E-state index >= 15 is 0 Å². The highest BCUT2D eigenvalue weighted by Crippen LogP contribution is 2.60. The first-order valence-electron chi connectivity index (χ1n) is 9.81. The Kier molecular flexibility index (Phi) is 5.65. The molecule has 0 bridgehead atoms. The topological polar surface area (TPSA) is 57.9 Å². The molecule has 3 nitrogen and oxygen atoms in total. The van der Waals surface area contributed by atoms with Crippen LogP contribution in [0.5, 0.6) is 0 Å². The fraction of sp³-hybridized carbons (Fsp3) is 0.435. The van der Waals surface area contributed by atoms with Crippen molar-refractivity contribution in [2.45, 2.75) is 50.9 Å². The molecule has 2 aliphatic rings. The largest absolute Gasteiger partial charge is 0.416 e. The van der Waals surface area contributed by atoms with Gasteiger partial charge in [0.25, 0.3) is 0 Å². The molecule has 2 atom stereocenters. The molecule has 0 radical (unpaired) electrons. The molecule has 9 heteroatoms. The number of halogens is 6. The van der Waals surface area contributed by atoms with E-state index in [1.165, 1.54) is 13.8 Å². The van der Waals surface area contributed by atoms with Gasteiger partial charge in [0, 0.05) is 0 Å². The van der Waals surface area contributed by atoms with Crippen LogP contribution in [-0.2, 0) is 21.2 Å². The molecular weight excluding hydrogens is 436 g/mol. The molecule has 1 aromatic rings. The first-order chi connectivity index (χ1) is 14.7. The number of Topliss-reactive ketones (excluding diaryl/α,β-unsaturated/α-hetero) is 1. The summed E-state index contributed by atoms with van der Waals surface area (Å²) in [6.45, 7) is 2.50. The zero-order chi connectivity index (χ0) is 24.1. The molecule has 0 saturated heterocycles. The molecule has 1 saturated carbocycles. The van der Waals surface area contributed by atoms with Gasteiger partial charge in [-0.2, -0.15) is 31.6 Å². The highest BCUT2D eigenvalue weighted by molar-refractivity contribution is 6.02. The zero-order valence-corrected chi connectivity index (χ0v) is 17.2. The monoisotopic (exact) mass is 455 g/mol. The van der Waals surface area contributed by atoms with E-state index in [-0.39, 0.29) is 23.0 Å². The maximum atomic E-state index is 13.8. The van der Waals surface area contributed by atoms with Crippen molar-refractivity contribution in [3.63, 3.8) is 0 Å². The number of rotatable bonds is 5. The van der Waals surface area contributed by atoms with E-state index in [1.807, 2.05) is 6.07 Å². The number of alkyl halides is 6. The quantitative estimate of drug-likeness (QED) is 0.321. The lowest BCUT2D eigenvalue weighted by Gasteiger charge is -2.47. The average molecular weight is 455 g/mol. The minimum absolute atomic E-state index is 0.0178. The number of aldehydes is 1. The van der Waals surface area contributed by atoms with Gasteiger partial charge in [0.1, 0.15) is 6.29 Å². The number of aryl methyl sites for hydroxylation is 1. The van der Waals surface area contributed by atoms with Crippen molar-refractivity contribution in [3.05, 3.63) is 58.2 Å². The molecular formula is C23H19F6NO2. The van der Waals surface area contributed by atoms with Crippen LogP contribution in [0.25, 0.3) is 0 Å². The SMILES string of the molecule is Cc1cc(C(F)(F)F)ccc1C1(C(=O)CC=O)C=CC(C(F)(F)F)=C(C2CC2)C1(C)C#N. The number of allylic oxidation sites excluding steroid dienone is 4. The second kappa shape index (κ2) is 7.61. The van der Waals surface area contributed by atoms with Crippen LogP contribution >= 0.6 is 0 Å². The number of carbonyl (C=O) groups is 2. The third kappa shape index (κ3) is 3.55. The minimum atomic E-state index is -4.79. The van der Waals surface area contributed by atoms with Crippen LogP contribution in [0.2, 0.25) is 0 Å². The predicted octanol–water partition coefficient (Wildman–Crippen LogP) is 5.78. The maximum Gasteiger partial charge on any atom is 0.416 e. The van der Waals surface area contributed by atoms with Crippen LogP contribution in [0.1, 0.15) is 42.9 Å². The van der Waals surface area contributed by atoms with Gasteiger partial charge in [0.2, 0.25) is 0 Å². The molecule has 1 aromatic carbocycles. The molecule has 170 valence electrons. The Labute approximate surface area is 180 Å². The smallest absolute Gasteiger partial charge is 0.303 e. The summed E-state index contributed by atoms with van der Waals surface area (Å²) in [5, 5.41) is 10.2. The number of ketones is 1. The van der Waals surface area contributed by atoms with Gasteiger partial charge in [0.15, 0.2) is 5.78 Å². The first-order valence-corrected chi connectivity index (χ1v) is 9.81. The number of carbonyl (C=O) groups excluding carboxylic acids is 2. The number of benzene rings is 1. The van der Waals surface area contributed by atoms with Gasteiger partial charge in [-0.15, -0.1) is 0 Å². The molecule has 0 aromatic heterocycles. The van der Waals surface area contributed by atoms with Crippen molar-refractivity contribution >= 4 is 12.1 Å². The number of nitrogens with zero attached hydrogens (tertiary/aromatic N) is 1. The van der Waals surface area contributed by atoms with Gasteiger partial charge < -0.3 is 4.79 Å². The van der Waals surface area contributed by atoms with E-state index in [4.69, 9.17) is 0 Å². The molecule has 2 unspecified atom stereocenters. The standard InChI is InChI=1S/C23H19F6NO2/c1-13-11-15(22(24,25)26)5-6-16(13)21(18(32)8-10-31)9-7-17(23(27,28)29)19(14-3-4-14)20(21,2)12-30/h5-7,9-11,14H,3-4,8H2,1-2H3. The third-order valence-corrected chi connectivity index (χ3v) is 6.32. The second-order valence-electron chi connectivity index (χ2n) is 8.30. The number of nitriles is 1. The molecule has 0 heterocycles. The summed E-state index contributed by atoms with van der Waals surface area (Å²) in [6, 6.07) is 4.42. The average Bonchev–Trinajstić information content (AvgIpc) is 3.51. The van der Waals surface area contributed by atoms with E-state index < -0.39 is 52.4 Å². The Hall–Kier alpha value is -2.89. The van der Waals surface area contributed by atoms with Crippen LogP contribution in [0.3, 0.4) is 0 Å². The summed E-state index contributed by atoms with van der Waals surface area (Å²) in [4.78, 5) is 24.5. The van der Waals surface area contributed by atoms with Crippen molar-refractivity contribution in [1.29, 1.82) is 5.26 Å². The molecule has 0 spiro atoms. The summed E-state index contributed by atoms with van der Waals surface area (Å²) < 4.78 is 81.1. The lowest BCUT2D eigenvalue weighted by molar-refractivity contribution is -0.137.